The largest absolute Gasteiger partial charge is 0.379 e. The number of rotatable bonds is 6. The van der Waals surface area contributed by atoms with E-state index in [0.717, 1.165) is 25.2 Å². The molecule has 0 bridgehead atoms. The standard InChI is InChI=1S/C21H29ClN2O3/c1-15(2)7-12-27-20-14-26-11-8-18(20)23-21(25)16-5-6-19(17(22)13-16)24-9-3-4-10-24/h5-7,13,18,20H,3-4,8-12,14H2,1-2H3,(H,23,25)/t18-,20-/m1/s1. The van der Waals surface area contributed by atoms with Crippen molar-refractivity contribution in [2.75, 3.05) is 37.8 Å². The average Bonchev–Trinajstić information content (AvgIpc) is 3.17. The zero-order chi connectivity index (χ0) is 19.2. The number of benzene rings is 1. The number of halogens is 1. The molecule has 148 valence electrons. The second-order valence-electron chi connectivity index (χ2n) is 7.46. The Hall–Kier alpha value is -1.56. The van der Waals surface area contributed by atoms with Crippen molar-refractivity contribution in [3.63, 3.8) is 0 Å². The molecule has 0 saturated carbocycles. The molecular weight excluding hydrogens is 364 g/mol. The molecule has 2 aliphatic heterocycles. The average molecular weight is 393 g/mol. The van der Waals surface area contributed by atoms with Crippen molar-refractivity contribution in [3.8, 4) is 0 Å². The molecule has 2 aliphatic rings. The van der Waals surface area contributed by atoms with Crippen LogP contribution in [0.2, 0.25) is 5.02 Å². The van der Waals surface area contributed by atoms with Gasteiger partial charge in [0.05, 0.1) is 30.0 Å². The van der Waals surface area contributed by atoms with Crippen molar-refractivity contribution in [1.29, 1.82) is 0 Å². The molecule has 0 aromatic heterocycles. The third kappa shape index (κ3) is 5.47. The molecule has 1 aromatic carbocycles. The highest BCUT2D eigenvalue weighted by molar-refractivity contribution is 6.33. The first kappa shape index (κ1) is 20.2. The molecule has 1 aromatic rings. The number of allylic oxidation sites excluding steroid dienone is 1. The third-order valence-electron chi connectivity index (χ3n) is 5.08. The van der Waals surface area contributed by atoms with Gasteiger partial charge in [-0.2, -0.15) is 0 Å². The molecule has 6 heteroatoms. The van der Waals surface area contributed by atoms with E-state index in [1.807, 2.05) is 32.1 Å². The maximum atomic E-state index is 12.7. The quantitative estimate of drug-likeness (QED) is 0.748. The Morgan fingerprint density at radius 1 is 1.37 bits per heavy atom. The van der Waals surface area contributed by atoms with Crippen molar-refractivity contribution in [2.24, 2.45) is 0 Å². The molecule has 2 saturated heterocycles. The van der Waals surface area contributed by atoms with Crippen LogP contribution in [0.25, 0.3) is 0 Å². The summed E-state index contributed by atoms with van der Waals surface area (Å²) in [6, 6.07) is 5.51. The van der Waals surface area contributed by atoms with Crippen LogP contribution >= 0.6 is 11.6 Å². The van der Waals surface area contributed by atoms with Crippen molar-refractivity contribution >= 4 is 23.2 Å². The Balaban J connectivity index is 1.62. The minimum Gasteiger partial charge on any atom is -0.379 e. The Morgan fingerprint density at radius 3 is 2.85 bits per heavy atom. The first-order valence-electron chi connectivity index (χ1n) is 9.72. The number of carbonyl (C=O) groups excluding carboxylic acids is 1. The number of ether oxygens (including phenoxy) is 2. The molecule has 0 aliphatic carbocycles. The molecule has 0 unspecified atom stereocenters. The SMILES string of the molecule is CC(C)=CCO[C@@H]1COCC[C@H]1NC(=O)c1ccc(N2CCCC2)c(Cl)c1. The van der Waals surface area contributed by atoms with Crippen LogP contribution in [0.4, 0.5) is 5.69 Å². The van der Waals surface area contributed by atoms with Gasteiger partial charge in [0.2, 0.25) is 0 Å². The van der Waals surface area contributed by atoms with Gasteiger partial charge in [0.25, 0.3) is 5.91 Å². The maximum Gasteiger partial charge on any atom is 0.251 e. The van der Waals surface area contributed by atoms with E-state index in [1.54, 1.807) is 6.07 Å². The zero-order valence-corrected chi connectivity index (χ0v) is 16.9. The Kier molecular flexibility index (Phi) is 7.16. The number of anilines is 1. The summed E-state index contributed by atoms with van der Waals surface area (Å²) in [5, 5.41) is 3.74. The Bertz CT molecular complexity index is 682. The van der Waals surface area contributed by atoms with Crippen molar-refractivity contribution < 1.29 is 14.3 Å². The van der Waals surface area contributed by atoms with Gasteiger partial charge in [0.1, 0.15) is 6.10 Å². The van der Waals surface area contributed by atoms with Crippen LogP contribution < -0.4 is 10.2 Å². The number of carbonyl (C=O) groups is 1. The van der Waals surface area contributed by atoms with Crippen molar-refractivity contribution in [3.05, 3.63) is 40.4 Å². The first-order valence-corrected chi connectivity index (χ1v) is 10.1. The van der Waals surface area contributed by atoms with Gasteiger partial charge in [-0.3, -0.25) is 4.79 Å². The van der Waals surface area contributed by atoms with Crippen LogP contribution in [0.1, 0.15) is 43.5 Å². The van der Waals surface area contributed by atoms with Crippen LogP contribution in [-0.2, 0) is 9.47 Å². The van der Waals surface area contributed by atoms with Gasteiger partial charge in [-0.15, -0.1) is 0 Å². The fourth-order valence-corrected chi connectivity index (χ4v) is 3.79. The molecule has 27 heavy (non-hydrogen) atoms. The van der Waals surface area contributed by atoms with E-state index in [4.69, 9.17) is 21.1 Å². The minimum absolute atomic E-state index is 0.0613. The van der Waals surface area contributed by atoms with Gasteiger partial charge in [-0.1, -0.05) is 23.3 Å². The fraction of sp³-hybridized carbons (Fsp3) is 0.571. The van der Waals surface area contributed by atoms with Crippen LogP contribution in [0.15, 0.2) is 29.8 Å². The number of hydrogen-bond donors (Lipinski definition) is 1. The molecule has 2 atom stereocenters. The van der Waals surface area contributed by atoms with E-state index in [2.05, 4.69) is 10.2 Å². The van der Waals surface area contributed by atoms with Gasteiger partial charge in [-0.25, -0.2) is 0 Å². The maximum absolute atomic E-state index is 12.7. The van der Waals surface area contributed by atoms with Gasteiger partial charge in [0, 0.05) is 25.3 Å². The topological polar surface area (TPSA) is 50.8 Å². The normalized spacial score (nSPS) is 22.6. The number of hydrogen-bond acceptors (Lipinski definition) is 4. The van der Waals surface area contributed by atoms with Crippen LogP contribution in [0.5, 0.6) is 0 Å². The van der Waals surface area contributed by atoms with E-state index in [0.29, 0.717) is 30.4 Å². The van der Waals surface area contributed by atoms with E-state index < -0.39 is 0 Å². The second-order valence-corrected chi connectivity index (χ2v) is 7.86. The van der Waals surface area contributed by atoms with Crippen LogP contribution in [-0.4, -0.2) is 51.0 Å². The lowest BCUT2D eigenvalue weighted by Crippen LogP contribution is -2.50. The highest BCUT2D eigenvalue weighted by Crippen LogP contribution is 2.29. The highest BCUT2D eigenvalue weighted by atomic mass is 35.5. The molecule has 5 nitrogen and oxygen atoms in total. The Labute approximate surface area is 166 Å². The Morgan fingerprint density at radius 2 is 2.15 bits per heavy atom. The summed E-state index contributed by atoms with van der Waals surface area (Å²) >= 11 is 6.45. The van der Waals surface area contributed by atoms with Crippen LogP contribution in [0, 0.1) is 0 Å². The lowest BCUT2D eigenvalue weighted by atomic mass is 10.0. The van der Waals surface area contributed by atoms with Gasteiger partial charge < -0.3 is 19.7 Å². The van der Waals surface area contributed by atoms with E-state index in [1.165, 1.54) is 18.4 Å². The summed E-state index contributed by atoms with van der Waals surface area (Å²) in [7, 11) is 0. The summed E-state index contributed by atoms with van der Waals surface area (Å²) in [6.07, 6.45) is 5.01. The fourth-order valence-electron chi connectivity index (χ4n) is 3.49. The highest BCUT2D eigenvalue weighted by Gasteiger charge is 2.28. The van der Waals surface area contributed by atoms with Crippen molar-refractivity contribution in [1.82, 2.24) is 5.32 Å². The van der Waals surface area contributed by atoms with Gasteiger partial charge in [0.15, 0.2) is 0 Å². The van der Waals surface area contributed by atoms with E-state index in [-0.39, 0.29) is 18.1 Å². The second kappa shape index (κ2) is 9.58. The monoisotopic (exact) mass is 392 g/mol. The minimum atomic E-state index is -0.141. The molecule has 0 spiro atoms. The predicted molar refractivity (Wildman–Crippen MR) is 109 cm³/mol. The lowest BCUT2D eigenvalue weighted by Gasteiger charge is -2.32. The molecule has 1 amide bonds. The third-order valence-corrected chi connectivity index (χ3v) is 5.38. The number of nitrogens with zero attached hydrogens (tertiary/aromatic N) is 1. The smallest absolute Gasteiger partial charge is 0.251 e. The van der Waals surface area contributed by atoms with E-state index >= 15 is 0 Å². The first-order chi connectivity index (χ1) is 13.0. The lowest BCUT2D eigenvalue weighted by molar-refractivity contribution is -0.0589. The molecular formula is C21H29ClN2O3. The predicted octanol–water partition coefficient (Wildman–Crippen LogP) is 3.81. The summed E-state index contributed by atoms with van der Waals surface area (Å²) in [6.45, 7) is 7.78. The van der Waals surface area contributed by atoms with Crippen molar-refractivity contribution in [2.45, 2.75) is 45.3 Å². The number of amides is 1. The van der Waals surface area contributed by atoms with Gasteiger partial charge >= 0.3 is 0 Å². The molecule has 3 rings (SSSR count). The summed E-state index contributed by atoms with van der Waals surface area (Å²) in [5.41, 5.74) is 2.80. The summed E-state index contributed by atoms with van der Waals surface area (Å²) in [5.74, 6) is -0.118. The van der Waals surface area contributed by atoms with E-state index in [9.17, 15) is 4.79 Å². The number of nitrogens with one attached hydrogen (secondary N) is 1. The molecule has 2 heterocycles. The van der Waals surface area contributed by atoms with Crippen LogP contribution in [0.3, 0.4) is 0 Å². The molecule has 0 radical (unpaired) electrons. The summed E-state index contributed by atoms with van der Waals surface area (Å²) < 4.78 is 11.4. The molecule has 1 N–H and O–H groups in total. The zero-order valence-electron chi connectivity index (χ0n) is 16.2. The van der Waals surface area contributed by atoms with Gasteiger partial charge in [-0.05, 0) is 51.3 Å². The summed E-state index contributed by atoms with van der Waals surface area (Å²) in [4.78, 5) is 15.0. The molecule has 2 fully saturated rings.